The second kappa shape index (κ2) is 9.08. The highest BCUT2D eigenvalue weighted by Crippen LogP contribution is 2.26. The van der Waals surface area contributed by atoms with Gasteiger partial charge in [-0.05, 0) is 38.3 Å². The lowest BCUT2D eigenvalue weighted by molar-refractivity contribution is 0.415. The quantitative estimate of drug-likeness (QED) is 0.589. The summed E-state index contributed by atoms with van der Waals surface area (Å²) in [5.74, 6) is 2.36. The Labute approximate surface area is 165 Å². The molecule has 1 saturated heterocycles. The van der Waals surface area contributed by atoms with Crippen LogP contribution in [-0.2, 0) is 6.54 Å². The predicted octanol–water partition coefficient (Wildman–Crippen LogP) is 2.96. The van der Waals surface area contributed by atoms with Gasteiger partial charge in [-0.15, -0.1) is 11.3 Å². The van der Waals surface area contributed by atoms with E-state index >= 15 is 0 Å². The Balaban J connectivity index is 1.47. The summed E-state index contributed by atoms with van der Waals surface area (Å²) in [5.41, 5.74) is 2.33. The third-order valence-corrected chi connectivity index (χ3v) is 5.97. The fourth-order valence-corrected chi connectivity index (χ4v) is 4.28. The van der Waals surface area contributed by atoms with Gasteiger partial charge in [-0.1, -0.05) is 6.07 Å². The van der Waals surface area contributed by atoms with Gasteiger partial charge in [-0.3, -0.25) is 4.99 Å². The zero-order chi connectivity index (χ0) is 19.2. The third-order valence-electron chi connectivity index (χ3n) is 4.90. The van der Waals surface area contributed by atoms with Crippen LogP contribution in [0.4, 0.5) is 5.69 Å². The van der Waals surface area contributed by atoms with Crippen LogP contribution in [0.1, 0.15) is 22.0 Å². The van der Waals surface area contributed by atoms with Crippen molar-refractivity contribution >= 4 is 23.0 Å². The first-order valence-electron chi connectivity index (χ1n) is 9.35. The van der Waals surface area contributed by atoms with Crippen molar-refractivity contribution in [2.45, 2.75) is 26.8 Å². The van der Waals surface area contributed by atoms with E-state index in [4.69, 9.17) is 4.74 Å². The molecule has 1 unspecified atom stereocenters. The van der Waals surface area contributed by atoms with Gasteiger partial charge in [0.2, 0.25) is 0 Å². The minimum atomic E-state index is 0.599. The molecule has 2 N–H and O–H groups in total. The Morgan fingerprint density at radius 3 is 2.93 bits per heavy atom. The van der Waals surface area contributed by atoms with E-state index in [1.54, 1.807) is 18.4 Å². The van der Waals surface area contributed by atoms with Gasteiger partial charge in [0.05, 0.1) is 24.4 Å². The number of guanidine groups is 1. The Bertz CT molecular complexity index is 788. The molecule has 0 spiro atoms. The molecule has 27 heavy (non-hydrogen) atoms. The molecule has 0 saturated carbocycles. The van der Waals surface area contributed by atoms with E-state index < -0.39 is 0 Å². The van der Waals surface area contributed by atoms with Gasteiger partial charge in [0.25, 0.3) is 0 Å². The average Bonchev–Trinajstić information content (AvgIpc) is 3.28. The highest BCUT2D eigenvalue weighted by molar-refractivity contribution is 7.11. The molecule has 1 aromatic heterocycles. The van der Waals surface area contributed by atoms with Gasteiger partial charge >= 0.3 is 0 Å². The number of rotatable bonds is 6. The minimum absolute atomic E-state index is 0.599. The van der Waals surface area contributed by atoms with Gasteiger partial charge in [-0.2, -0.15) is 0 Å². The maximum Gasteiger partial charge on any atom is 0.191 e. The Morgan fingerprint density at radius 2 is 2.22 bits per heavy atom. The van der Waals surface area contributed by atoms with Crippen LogP contribution in [0.15, 0.2) is 29.3 Å². The summed E-state index contributed by atoms with van der Waals surface area (Å²) in [7, 11) is 3.53. The monoisotopic (exact) mass is 387 g/mol. The molecule has 6 nitrogen and oxygen atoms in total. The van der Waals surface area contributed by atoms with E-state index in [1.807, 2.05) is 20.0 Å². The number of nitrogens with one attached hydrogen (secondary N) is 2. The number of aromatic nitrogens is 1. The molecule has 1 fully saturated rings. The van der Waals surface area contributed by atoms with E-state index in [1.165, 1.54) is 17.0 Å². The molecule has 1 aromatic carbocycles. The molecule has 0 aliphatic carbocycles. The smallest absolute Gasteiger partial charge is 0.191 e. The molecule has 0 bridgehead atoms. The van der Waals surface area contributed by atoms with Gasteiger partial charge in [-0.25, -0.2) is 4.98 Å². The highest BCUT2D eigenvalue weighted by atomic mass is 32.1. The van der Waals surface area contributed by atoms with Crippen LogP contribution in [0.5, 0.6) is 5.75 Å². The predicted molar refractivity (Wildman–Crippen MR) is 113 cm³/mol. The Morgan fingerprint density at radius 1 is 1.37 bits per heavy atom. The summed E-state index contributed by atoms with van der Waals surface area (Å²) in [6.07, 6.45) is 1.17. The fourth-order valence-electron chi connectivity index (χ4n) is 3.40. The maximum absolute atomic E-state index is 5.34. The first kappa shape index (κ1) is 19.5. The molecule has 146 valence electrons. The molecular formula is C20H29N5OS. The normalized spacial score (nSPS) is 17.3. The molecule has 2 aromatic rings. The van der Waals surface area contributed by atoms with Gasteiger partial charge < -0.3 is 20.3 Å². The van der Waals surface area contributed by atoms with Gasteiger partial charge in [0.1, 0.15) is 5.75 Å². The van der Waals surface area contributed by atoms with Crippen LogP contribution < -0.4 is 20.3 Å². The Hall–Kier alpha value is -2.28. The summed E-state index contributed by atoms with van der Waals surface area (Å²) in [5, 5.41) is 7.98. The van der Waals surface area contributed by atoms with E-state index in [-0.39, 0.29) is 0 Å². The lowest BCUT2D eigenvalue weighted by Crippen LogP contribution is -2.39. The number of aliphatic imine (C=N–C) groups is 1. The standard InChI is InChI=1S/C20H29N5OS/c1-14-19(27-15(2)24-14)12-23-20(21-3)22-11-16-8-9-25(13-16)17-6-5-7-18(10-17)26-4/h5-7,10,16H,8-9,11-13H2,1-4H3,(H2,21,22,23). The number of aryl methyl sites for hydroxylation is 2. The zero-order valence-electron chi connectivity index (χ0n) is 16.6. The van der Waals surface area contributed by atoms with Crippen LogP contribution in [0.2, 0.25) is 0 Å². The molecular weight excluding hydrogens is 358 g/mol. The van der Waals surface area contributed by atoms with Crippen LogP contribution in [-0.4, -0.2) is 44.7 Å². The van der Waals surface area contributed by atoms with E-state index in [9.17, 15) is 0 Å². The van der Waals surface area contributed by atoms with Crippen molar-refractivity contribution in [3.8, 4) is 5.75 Å². The van der Waals surface area contributed by atoms with Crippen molar-refractivity contribution in [1.29, 1.82) is 0 Å². The molecule has 7 heteroatoms. The summed E-state index contributed by atoms with van der Waals surface area (Å²) in [4.78, 5) is 12.5. The summed E-state index contributed by atoms with van der Waals surface area (Å²) < 4.78 is 5.34. The fraction of sp³-hybridized carbons (Fsp3) is 0.500. The lowest BCUT2D eigenvalue weighted by atomic mass is 10.1. The number of hydrogen-bond acceptors (Lipinski definition) is 5. The topological polar surface area (TPSA) is 61.8 Å². The molecule has 2 heterocycles. The van der Waals surface area contributed by atoms with Gasteiger partial charge in [0.15, 0.2) is 5.96 Å². The van der Waals surface area contributed by atoms with Crippen LogP contribution in [0, 0.1) is 19.8 Å². The van der Waals surface area contributed by atoms with E-state index in [0.717, 1.165) is 48.6 Å². The molecule has 3 rings (SSSR count). The van der Waals surface area contributed by atoms with Crippen molar-refractivity contribution in [3.05, 3.63) is 39.8 Å². The largest absolute Gasteiger partial charge is 0.497 e. The van der Waals surface area contributed by atoms with Crippen LogP contribution in [0.25, 0.3) is 0 Å². The van der Waals surface area contributed by atoms with Crippen molar-refractivity contribution in [3.63, 3.8) is 0 Å². The van der Waals surface area contributed by atoms with E-state index in [2.05, 4.69) is 50.6 Å². The molecule has 1 aliphatic rings. The molecule has 1 atom stereocenters. The van der Waals surface area contributed by atoms with Crippen molar-refractivity contribution < 1.29 is 4.74 Å². The van der Waals surface area contributed by atoms with Crippen LogP contribution in [0.3, 0.4) is 0 Å². The zero-order valence-corrected chi connectivity index (χ0v) is 17.4. The van der Waals surface area contributed by atoms with Crippen molar-refractivity contribution in [2.75, 3.05) is 38.7 Å². The highest BCUT2D eigenvalue weighted by Gasteiger charge is 2.23. The number of anilines is 1. The van der Waals surface area contributed by atoms with Crippen molar-refractivity contribution in [2.24, 2.45) is 10.9 Å². The van der Waals surface area contributed by atoms with Gasteiger partial charge in [0, 0.05) is 43.3 Å². The minimum Gasteiger partial charge on any atom is -0.497 e. The summed E-state index contributed by atoms with van der Waals surface area (Å²) in [6, 6.07) is 8.29. The number of methoxy groups -OCH3 is 1. The van der Waals surface area contributed by atoms with Crippen molar-refractivity contribution in [1.82, 2.24) is 15.6 Å². The second-order valence-electron chi connectivity index (χ2n) is 6.85. The maximum atomic E-state index is 5.34. The molecule has 1 aliphatic heterocycles. The third kappa shape index (κ3) is 5.13. The second-order valence-corrected chi connectivity index (χ2v) is 8.14. The first-order valence-corrected chi connectivity index (χ1v) is 10.2. The number of hydrogen-bond donors (Lipinski definition) is 2. The Kier molecular flexibility index (Phi) is 6.55. The summed E-state index contributed by atoms with van der Waals surface area (Å²) in [6.45, 7) is 7.90. The van der Waals surface area contributed by atoms with E-state index in [0.29, 0.717) is 5.92 Å². The van der Waals surface area contributed by atoms with Crippen LogP contribution >= 0.6 is 11.3 Å². The molecule has 0 radical (unpaired) electrons. The number of thiazole rings is 1. The SMILES string of the molecule is CN=C(NCc1sc(C)nc1C)NCC1CCN(c2cccc(OC)c2)C1. The lowest BCUT2D eigenvalue weighted by Gasteiger charge is -2.20. The number of benzene rings is 1. The molecule has 0 amide bonds. The average molecular weight is 388 g/mol. The number of nitrogens with zero attached hydrogens (tertiary/aromatic N) is 3. The first-order chi connectivity index (χ1) is 13.1. The number of ether oxygens (including phenoxy) is 1. The summed E-state index contributed by atoms with van der Waals surface area (Å²) >= 11 is 1.74.